The molecule has 1 aromatic carbocycles. The van der Waals surface area contributed by atoms with Crippen molar-refractivity contribution in [1.29, 1.82) is 0 Å². The number of aromatic nitrogens is 1. The predicted octanol–water partition coefficient (Wildman–Crippen LogP) is 2.38. The average molecular weight is 286 g/mol. The van der Waals surface area contributed by atoms with Crippen LogP contribution in [0.15, 0.2) is 30.3 Å². The Morgan fingerprint density at radius 3 is 2.62 bits per heavy atom. The number of carboxylic acids is 1. The van der Waals surface area contributed by atoms with Crippen LogP contribution in [0.2, 0.25) is 0 Å². The standard InChI is InChI=1S/C16H18N2O3/c1-10-8-12(11-6-4-5-7-13(11)18-10)14(19)17-9-16(2,3)15(20)21/h4-8H,9H2,1-3H3,(H,17,19)(H,20,21). The summed E-state index contributed by atoms with van der Waals surface area (Å²) in [5.74, 6) is -1.23. The third-order valence-electron chi connectivity index (χ3n) is 3.36. The second-order valence-electron chi connectivity index (χ2n) is 5.70. The van der Waals surface area contributed by atoms with E-state index in [2.05, 4.69) is 10.3 Å². The first-order chi connectivity index (χ1) is 9.81. The van der Waals surface area contributed by atoms with E-state index in [1.54, 1.807) is 19.9 Å². The number of carboxylic acid groups (broad SMARTS) is 1. The Bertz CT molecular complexity index is 708. The Hall–Kier alpha value is -2.43. The van der Waals surface area contributed by atoms with E-state index in [-0.39, 0.29) is 12.5 Å². The van der Waals surface area contributed by atoms with Gasteiger partial charge in [0.2, 0.25) is 0 Å². The van der Waals surface area contributed by atoms with Crippen molar-refractivity contribution in [3.05, 3.63) is 41.6 Å². The van der Waals surface area contributed by atoms with E-state index in [0.717, 1.165) is 16.6 Å². The molecule has 2 rings (SSSR count). The van der Waals surface area contributed by atoms with Crippen LogP contribution in [-0.4, -0.2) is 28.5 Å². The number of hydrogen-bond acceptors (Lipinski definition) is 3. The lowest BCUT2D eigenvalue weighted by Gasteiger charge is -2.19. The van der Waals surface area contributed by atoms with Gasteiger partial charge in [0.15, 0.2) is 0 Å². The van der Waals surface area contributed by atoms with E-state index < -0.39 is 11.4 Å². The number of pyridine rings is 1. The van der Waals surface area contributed by atoms with Gasteiger partial charge < -0.3 is 10.4 Å². The monoisotopic (exact) mass is 286 g/mol. The lowest BCUT2D eigenvalue weighted by molar-refractivity contribution is -0.146. The predicted molar refractivity (Wildman–Crippen MR) is 80.2 cm³/mol. The molecule has 5 heteroatoms. The second kappa shape index (κ2) is 5.52. The highest BCUT2D eigenvalue weighted by molar-refractivity contribution is 6.06. The molecule has 1 heterocycles. The fourth-order valence-electron chi connectivity index (χ4n) is 1.97. The summed E-state index contributed by atoms with van der Waals surface area (Å²) in [5, 5.41) is 12.5. The van der Waals surface area contributed by atoms with Crippen LogP contribution in [0.25, 0.3) is 10.9 Å². The third kappa shape index (κ3) is 3.18. The van der Waals surface area contributed by atoms with Gasteiger partial charge in [-0.25, -0.2) is 0 Å². The molecule has 0 spiro atoms. The van der Waals surface area contributed by atoms with Crippen molar-refractivity contribution in [3.8, 4) is 0 Å². The Balaban J connectivity index is 2.30. The number of aliphatic carboxylic acids is 1. The minimum Gasteiger partial charge on any atom is -0.481 e. The van der Waals surface area contributed by atoms with Gasteiger partial charge in [0.25, 0.3) is 5.91 Å². The number of nitrogens with one attached hydrogen (secondary N) is 1. The van der Waals surface area contributed by atoms with Crippen LogP contribution in [0.3, 0.4) is 0 Å². The highest BCUT2D eigenvalue weighted by Gasteiger charge is 2.28. The maximum atomic E-state index is 12.3. The smallest absolute Gasteiger partial charge is 0.310 e. The van der Waals surface area contributed by atoms with Gasteiger partial charge in [-0.3, -0.25) is 14.6 Å². The van der Waals surface area contributed by atoms with E-state index in [1.807, 2.05) is 31.2 Å². The Labute approximate surface area is 123 Å². The van der Waals surface area contributed by atoms with Crippen molar-refractivity contribution in [2.24, 2.45) is 5.41 Å². The lowest BCUT2D eigenvalue weighted by Crippen LogP contribution is -2.39. The van der Waals surface area contributed by atoms with Crippen LogP contribution in [0.4, 0.5) is 0 Å². The van der Waals surface area contributed by atoms with Gasteiger partial charge in [-0.2, -0.15) is 0 Å². The Morgan fingerprint density at radius 1 is 1.29 bits per heavy atom. The minimum absolute atomic E-state index is 0.0663. The van der Waals surface area contributed by atoms with E-state index in [0.29, 0.717) is 5.56 Å². The molecule has 0 unspecified atom stereocenters. The highest BCUT2D eigenvalue weighted by atomic mass is 16.4. The summed E-state index contributed by atoms with van der Waals surface area (Å²) in [6.07, 6.45) is 0. The molecular weight excluding hydrogens is 268 g/mol. The maximum absolute atomic E-state index is 12.3. The van der Waals surface area contributed by atoms with Gasteiger partial charge in [-0.05, 0) is 32.9 Å². The highest BCUT2D eigenvalue weighted by Crippen LogP contribution is 2.19. The maximum Gasteiger partial charge on any atom is 0.310 e. The molecular formula is C16H18N2O3. The van der Waals surface area contributed by atoms with Crippen molar-refractivity contribution in [2.75, 3.05) is 6.54 Å². The molecule has 0 fully saturated rings. The number of hydrogen-bond donors (Lipinski definition) is 2. The van der Waals surface area contributed by atoms with E-state index in [4.69, 9.17) is 5.11 Å². The number of amides is 1. The number of para-hydroxylation sites is 1. The number of nitrogens with zero attached hydrogens (tertiary/aromatic N) is 1. The lowest BCUT2D eigenvalue weighted by atomic mass is 9.93. The molecule has 2 N–H and O–H groups in total. The molecule has 1 amide bonds. The fourth-order valence-corrected chi connectivity index (χ4v) is 1.97. The quantitative estimate of drug-likeness (QED) is 0.904. The summed E-state index contributed by atoms with van der Waals surface area (Å²) in [6, 6.07) is 9.10. The van der Waals surface area contributed by atoms with Crippen molar-refractivity contribution in [3.63, 3.8) is 0 Å². The molecule has 5 nitrogen and oxygen atoms in total. The second-order valence-corrected chi connectivity index (χ2v) is 5.70. The van der Waals surface area contributed by atoms with Gasteiger partial charge in [-0.15, -0.1) is 0 Å². The Morgan fingerprint density at radius 2 is 1.95 bits per heavy atom. The molecule has 0 radical (unpaired) electrons. The first-order valence-electron chi connectivity index (χ1n) is 6.69. The van der Waals surface area contributed by atoms with Crippen LogP contribution < -0.4 is 5.32 Å². The molecule has 0 atom stereocenters. The van der Waals surface area contributed by atoms with Crippen LogP contribution in [0, 0.1) is 12.3 Å². The average Bonchev–Trinajstić information content (AvgIpc) is 2.43. The van der Waals surface area contributed by atoms with Crippen molar-refractivity contribution < 1.29 is 14.7 Å². The van der Waals surface area contributed by atoms with Gasteiger partial charge in [0, 0.05) is 17.6 Å². The zero-order valence-electron chi connectivity index (χ0n) is 12.3. The first-order valence-corrected chi connectivity index (χ1v) is 6.69. The number of aryl methyl sites for hydroxylation is 1. The number of fused-ring (bicyclic) bond motifs is 1. The molecule has 110 valence electrons. The summed E-state index contributed by atoms with van der Waals surface area (Å²) < 4.78 is 0. The van der Waals surface area contributed by atoms with Gasteiger partial charge in [0.05, 0.1) is 16.5 Å². The number of benzene rings is 1. The Kier molecular flexibility index (Phi) is 3.93. The molecule has 21 heavy (non-hydrogen) atoms. The third-order valence-corrected chi connectivity index (χ3v) is 3.36. The molecule has 2 aromatic rings. The van der Waals surface area contributed by atoms with Crippen molar-refractivity contribution in [2.45, 2.75) is 20.8 Å². The fraction of sp³-hybridized carbons (Fsp3) is 0.312. The summed E-state index contributed by atoms with van der Waals surface area (Å²) in [4.78, 5) is 27.8. The van der Waals surface area contributed by atoms with Crippen LogP contribution in [0.1, 0.15) is 29.9 Å². The zero-order valence-corrected chi connectivity index (χ0v) is 12.3. The number of carbonyl (C=O) groups excluding carboxylic acids is 1. The molecule has 0 bridgehead atoms. The number of carbonyl (C=O) groups is 2. The van der Waals surface area contributed by atoms with Crippen LogP contribution in [0.5, 0.6) is 0 Å². The SMILES string of the molecule is Cc1cc(C(=O)NCC(C)(C)C(=O)O)c2ccccc2n1. The van der Waals surface area contributed by atoms with E-state index >= 15 is 0 Å². The summed E-state index contributed by atoms with van der Waals surface area (Å²) in [6.45, 7) is 5.04. The van der Waals surface area contributed by atoms with Gasteiger partial charge in [-0.1, -0.05) is 18.2 Å². The molecule has 0 aliphatic rings. The van der Waals surface area contributed by atoms with Crippen molar-refractivity contribution in [1.82, 2.24) is 10.3 Å². The molecule has 0 aliphatic heterocycles. The van der Waals surface area contributed by atoms with E-state index in [1.165, 1.54) is 0 Å². The van der Waals surface area contributed by atoms with E-state index in [9.17, 15) is 9.59 Å². The van der Waals surface area contributed by atoms with Gasteiger partial charge >= 0.3 is 5.97 Å². The summed E-state index contributed by atoms with van der Waals surface area (Å²) in [7, 11) is 0. The minimum atomic E-state index is -1.01. The van der Waals surface area contributed by atoms with Crippen LogP contribution in [-0.2, 0) is 4.79 Å². The van der Waals surface area contributed by atoms with Crippen LogP contribution >= 0.6 is 0 Å². The largest absolute Gasteiger partial charge is 0.481 e. The van der Waals surface area contributed by atoms with Crippen molar-refractivity contribution >= 4 is 22.8 Å². The molecule has 0 aliphatic carbocycles. The topological polar surface area (TPSA) is 79.3 Å². The zero-order chi connectivity index (χ0) is 15.6. The first kappa shape index (κ1) is 15.0. The summed E-state index contributed by atoms with van der Waals surface area (Å²) in [5.41, 5.74) is 1.00. The van der Waals surface area contributed by atoms with Gasteiger partial charge in [0.1, 0.15) is 0 Å². The normalized spacial score (nSPS) is 11.4. The molecule has 0 saturated heterocycles. The summed E-state index contributed by atoms with van der Waals surface area (Å²) >= 11 is 0. The number of rotatable bonds is 4. The molecule has 0 saturated carbocycles. The molecule has 1 aromatic heterocycles.